The lowest BCUT2D eigenvalue weighted by Crippen LogP contribution is -2.41. The van der Waals surface area contributed by atoms with E-state index in [1.54, 1.807) is 18.2 Å². The van der Waals surface area contributed by atoms with E-state index in [0.29, 0.717) is 17.7 Å². The Morgan fingerprint density at radius 2 is 2.11 bits per heavy atom. The van der Waals surface area contributed by atoms with Crippen LogP contribution in [0.1, 0.15) is 17.2 Å². The molecule has 1 aromatic carbocycles. The summed E-state index contributed by atoms with van der Waals surface area (Å²) in [7, 11) is 2.89. The molecule has 106 valence electrons. The monoisotopic (exact) mass is 275 g/mol. The van der Waals surface area contributed by atoms with Gasteiger partial charge in [0.1, 0.15) is 5.75 Å². The number of benzene rings is 1. The van der Waals surface area contributed by atoms with Crippen molar-refractivity contribution in [3.63, 3.8) is 0 Å². The first-order chi connectivity index (χ1) is 8.81. The molecule has 1 N–H and O–H groups in total. The third-order valence-corrected chi connectivity index (χ3v) is 3.46. The number of halogens is 3. The van der Waals surface area contributed by atoms with Gasteiger partial charge in [0.05, 0.1) is 19.8 Å². The minimum Gasteiger partial charge on any atom is -0.497 e. The summed E-state index contributed by atoms with van der Waals surface area (Å²) >= 11 is 0. The number of likely N-dealkylation sites (N-methyl/N-ethyl adjacent to an activating group) is 1. The van der Waals surface area contributed by atoms with Crippen molar-refractivity contribution in [3.05, 3.63) is 29.3 Å². The Labute approximate surface area is 109 Å². The highest BCUT2D eigenvalue weighted by Gasteiger charge is 2.38. The van der Waals surface area contributed by atoms with Crippen molar-refractivity contribution in [2.75, 3.05) is 20.7 Å². The molecule has 2 atom stereocenters. The molecule has 0 amide bonds. The number of aliphatic hydroxyl groups is 1. The maximum Gasteiger partial charge on any atom is 0.401 e. The molecule has 1 aliphatic rings. The van der Waals surface area contributed by atoms with Crippen molar-refractivity contribution in [1.82, 2.24) is 4.90 Å². The lowest BCUT2D eigenvalue weighted by atomic mass is 10.1. The first-order valence-corrected chi connectivity index (χ1v) is 5.93. The maximum atomic E-state index is 12.4. The van der Waals surface area contributed by atoms with Crippen LogP contribution in [0.3, 0.4) is 0 Å². The number of hydrogen-bond acceptors (Lipinski definition) is 3. The molecular formula is C13H16F3NO2. The zero-order valence-electron chi connectivity index (χ0n) is 10.7. The molecular weight excluding hydrogens is 259 g/mol. The molecule has 0 heterocycles. The van der Waals surface area contributed by atoms with Gasteiger partial charge in [-0.1, -0.05) is 6.07 Å². The molecule has 2 rings (SSSR count). The van der Waals surface area contributed by atoms with Crippen LogP contribution in [0.15, 0.2) is 18.2 Å². The molecule has 6 heteroatoms. The minimum absolute atomic E-state index is 0.410. The van der Waals surface area contributed by atoms with Gasteiger partial charge in [0, 0.05) is 6.04 Å². The molecule has 0 spiro atoms. The first kappa shape index (κ1) is 14.1. The lowest BCUT2D eigenvalue weighted by molar-refractivity contribution is -0.151. The van der Waals surface area contributed by atoms with Crippen molar-refractivity contribution in [1.29, 1.82) is 0 Å². The fourth-order valence-corrected chi connectivity index (χ4v) is 2.50. The number of nitrogens with zero attached hydrogens (tertiary/aromatic N) is 1. The zero-order chi connectivity index (χ0) is 14.2. The van der Waals surface area contributed by atoms with Gasteiger partial charge in [-0.2, -0.15) is 13.2 Å². The van der Waals surface area contributed by atoms with E-state index in [-0.39, 0.29) is 0 Å². The second kappa shape index (κ2) is 5.02. The van der Waals surface area contributed by atoms with Crippen molar-refractivity contribution < 1.29 is 23.0 Å². The van der Waals surface area contributed by atoms with Crippen LogP contribution < -0.4 is 4.74 Å². The van der Waals surface area contributed by atoms with Gasteiger partial charge in [0.2, 0.25) is 0 Å². The van der Waals surface area contributed by atoms with Gasteiger partial charge in [0.25, 0.3) is 0 Å². The van der Waals surface area contributed by atoms with Crippen LogP contribution >= 0.6 is 0 Å². The first-order valence-electron chi connectivity index (χ1n) is 5.93. The van der Waals surface area contributed by atoms with Crippen molar-refractivity contribution in [2.45, 2.75) is 24.7 Å². The van der Waals surface area contributed by atoms with Crippen LogP contribution in [0, 0.1) is 0 Å². The number of methoxy groups -OCH3 is 1. The van der Waals surface area contributed by atoms with Gasteiger partial charge in [-0.15, -0.1) is 0 Å². The molecule has 0 radical (unpaired) electrons. The quantitative estimate of drug-likeness (QED) is 0.917. The Morgan fingerprint density at radius 1 is 1.42 bits per heavy atom. The standard InChI is InChI=1S/C13H16F3NO2/c1-17(7-13(14,15)16)11-5-8-3-4-9(19-2)6-10(8)12(11)18/h3-4,6,11-12,18H,5,7H2,1-2H3. The molecule has 0 aliphatic heterocycles. The van der Waals surface area contributed by atoms with Crippen LogP contribution in [0.5, 0.6) is 5.75 Å². The van der Waals surface area contributed by atoms with Gasteiger partial charge < -0.3 is 9.84 Å². The Hall–Kier alpha value is -1.27. The summed E-state index contributed by atoms with van der Waals surface area (Å²) in [4.78, 5) is 1.15. The fraction of sp³-hybridized carbons (Fsp3) is 0.538. The number of alkyl halides is 3. The second-order valence-corrected chi connectivity index (χ2v) is 4.81. The van der Waals surface area contributed by atoms with Crippen LogP contribution in [-0.2, 0) is 6.42 Å². The predicted molar refractivity (Wildman–Crippen MR) is 64.1 cm³/mol. The lowest BCUT2D eigenvalue weighted by Gasteiger charge is -2.27. The van der Waals surface area contributed by atoms with Crippen LogP contribution in [-0.4, -0.2) is 42.9 Å². The van der Waals surface area contributed by atoms with Crippen LogP contribution in [0.2, 0.25) is 0 Å². The molecule has 3 nitrogen and oxygen atoms in total. The Bertz CT molecular complexity index is 462. The van der Waals surface area contributed by atoms with Gasteiger partial charge in [-0.25, -0.2) is 0 Å². The van der Waals surface area contributed by atoms with Crippen LogP contribution in [0.4, 0.5) is 13.2 Å². The third kappa shape index (κ3) is 3.01. The average Bonchev–Trinajstić information content (AvgIpc) is 2.64. The summed E-state index contributed by atoms with van der Waals surface area (Å²) in [6, 6.07) is 4.67. The van der Waals surface area contributed by atoms with E-state index in [2.05, 4.69) is 0 Å². The van der Waals surface area contributed by atoms with Crippen molar-refractivity contribution >= 4 is 0 Å². The second-order valence-electron chi connectivity index (χ2n) is 4.81. The number of aliphatic hydroxyl groups excluding tert-OH is 1. The van der Waals surface area contributed by atoms with E-state index in [1.807, 2.05) is 0 Å². The van der Waals surface area contributed by atoms with Crippen LogP contribution in [0.25, 0.3) is 0 Å². The Kier molecular flexibility index (Phi) is 3.73. The highest BCUT2D eigenvalue weighted by molar-refractivity contribution is 5.41. The highest BCUT2D eigenvalue weighted by Crippen LogP contribution is 2.36. The zero-order valence-corrected chi connectivity index (χ0v) is 10.7. The number of fused-ring (bicyclic) bond motifs is 1. The van der Waals surface area contributed by atoms with E-state index in [4.69, 9.17) is 4.74 Å². The Morgan fingerprint density at radius 3 is 2.68 bits per heavy atom. The van der Waals surface area contributed by atoms with Gasteiger partial charge in [-0.05, 0) is 36.7 Å². The summed E-state index contributed by atoms with van der Waals surface area (Å²) in [5.41, 5.74) is 1.52. The number of ether oxygens (including phenoxy) is 1. The average molecular weight is 275 g/mol. The van der Waals surface area contributed by atoms with Gasteiger partial charge in [-0.3, -0.25) is 4.90 Å². The summed E-state index contributed by atoms with van der Waals surface area (Å²) in [6.45, 7) is -1.03. The highest BCUT2D eigenvalue weighted by atomic mass is 19.4. The van der Waals surface area contributed by atoms with Crippen molar-refractivity contribution in [3.8, 4) is 5.75 Å². The minimum atomic E-state index is -4.26. The fourth-order valence-electron chi connectivity index (χ4n) is 2.50. The number of rotatable bonds is 3. The SMILES string of the molecule is COc1ccc2c(c1)C(O)C(N(C)CC(F)(F)F)C2. The summed E-state index contributed by atoms with van der Waals surface area (Å²) in [6.07, 6.45) is -4.77. The molecule has 2 unspecified atom stereocenters. The molecule has 0 bridgehead atoms. The van der Waals surface area contributed by atoms with Gasteiger partial charge >= 0.3 is 6.18 Å². The predicted octanol–water partition coefficient (Wildman–Crippen LogP) is 2.15. The van der Waals surface area contributed by atoms with E-state index in [9.17, 15) is 18.3 Å². The largest absolute Gasteiger partial charge is 0.497 e. The smallest absolute Gasteiger partial charge is 0.401 e. The molecule has 19 heavy (non-hydrogen) atoms. The third-order valence-electron chi connectivity index (χ3n) is 3.46. The molecule has 1 aliphatic carbocycles. The van der Waals surface area contributed by atoms with E-state index < -0.39 is 24.9 Å². The van der Waals surface area contributed by atoms with E-state index >= 15 is 0 Å². The molecule has 0 aromatic heterocycles. The molecule has 1 aromatic rings. The van der Waals surface area contributed by atoms with E-state index in [0.717, 1.165) is 10.5 Å². The maximum absolute atomic E-state index is 12.4. The van der Waals surface area contributed by atoms with E-state index in [1.165, 1.54) is 14.2 Å². The molecule has 0 saturated carbocycles. The summed E-state index contributed by atoms with van der Waals surface area (Å²) in [5, 5.41) is 10.2. The van der Waals surface area contributed by atoms with Crippen molar-refractivity contribution in [2.24, 2.45) is 0 Å². The summed E-state index contributed by atoms with van der Waals surface area (Å²) < 4.78 is 42.2. The normalized spacial score (nSPS) is 22.7. The topological polar surface area (TPSA) is 32.7 Å². The molecule has 0 saturated heterocycles. The molecule has 0 fully saturated rings. The Balaban J connectivity index is 2.16. The van der Waals surface area contributed by atoms with Gasteiger partial charge in [0.15, 0.2) is 0 Å². The number of hydrogen-bond donors (Lipinski definition) is 1. The summed E-state index contributed by atoms with van der Waals surface area (Å²) in [5.74, 6) is 0.594.